The van der Waals surface area contributed by atoms with Gasteiger partial charge in [-0.3, -0.25) is 9.59 Å². The second-order valence-corrected chi connectivity index (χ2v) is 8.06. The third kappa shape index (κ3) is 4.53. The molecule has 0 unspecified atom stereocenters. The van der Waals surface area contributed by atoms with Gasteiger partial charge in [0.05, 0.1) is 12.5 Å². The van der Waals surface area contributed by atoms with Gasteiger partial charge in [-0.2, -0.15) is 11.8 Å². The van der Waals surface area contributed by atoms with Crippen molar-refractivity contribution in [2.45, 2.75) is 56.2 Å². The first-order valence-electron chi connectivity index (χ1n) is 9.02. The molecule has 1 saturated carbocycles. The van der Waals surface area contributed by atoms with E-state index in [-0.39, 0.29) is 17.9 Å². The molecule has 1 aliphatic heterocycles. The molecule has 1 fully saturated rings. The minimum absolute atomic E-state index is 0.0136. The maximum absolute atomic E-state index is 12.1. The van der Waals surface area contributed by atoms with Gasteiger partial charge in [0.2, 0.25) is 5.91 Å². The Labute approximate surface area is 148 Å². The highest BCUT2D eigenvalue weighted by Gasteiger charge is 2.29. The number of thioether (sulfide) groups is 1. The van der Waals surface area contributed by atoms with Crippen molar-refractivity contribution in [3.63, 3.8) is 0 Å². The molecule has 4 nitrogen and oxygen atoms in total. The van der Waals surface area contributed by atoms with Crippen LogP contribution in [0, 0.1) is 0 Å². The summed E-state index contributed by atoms with van der Waals surface area (Å²) >= 11 is 2.06. The fourth-order valence-electron chi connectivity index (χ4n) is 3.52. The first-order valence-corrected chi connectivity index (χ1v) is 10.1. The first kappa shape index (κ1) is 17.3. The number of hydrogen-bond donors (Lipinski definition) is 2. The molecule has 1 aromatic carbocycles. The molecule has 1 atom stereocenters. The zero-order valence-electron chi connectivity index (χ0n) is 14.1. The molecule has 2 N–H and O–H groups in total. The molecule has 0 bridgehead atoms. The zero-order chi connectivity index (χ0) is 16.8. The highest BCUT2D eigenvalue weighted by molar-refractivity contribution is 7.99. The van der Waals surface area contributed by atoms with Gasteiger partial charge < -0.3 is 10.6 Å². The van der Waals surface area contributed by atoms with Crippen molar-refractivity contribution in [2.24, 2.45) is 0 Å². The fourth-order valence-corrected chi connectivity index (χ4v) is 4.83. The molecule has 5 heteroatoms. The molecule has 1 aliphatic carbocycles. The van der Waals surface area contributed by atoms with Crippen LogP contribution in [-0.4, -0.2) is 29.4 Å². The average Bonchev–Trinajstić information content (AvgIpc) is 2.92. The molecular formula is C19H26N2O2S. The summed E-state index contributed by atoms with van der Waals surface area (Å²) in [5, 5.41) is 6.71. The van der Waals surface area contributed by atoms with Gasteiger partial charge in [0, 0.05) is 17.4 Å². The van der Waals surface area contributed by atoms with Crippen LogP contribution in [0.1, 0.15) is 66.9 Å². The fraction of sp³-hybridized carbons (Fsp3) is 0.579. The number of hydrogen-bond acceptors (Lipinski definition) is 3. The highest BCUT2D eigenvalue weighted by atomic mass is 32.2. The van der Waals surface area contributed by atoms with Gasteiger partial charge in [0.25, 0.3) is 5.91 Å². The van der Waals surface area contributed by atoms with E-state index in [0.29, 0.717) is 12.0 Å². The minimum atomic E-state index is -0.190. The molecule has 1 heterocycles. The van der Waals surface area contributed by atoms with Crippen LogP contribution in [-0.2, 0) is 4.79 Å². The van der Waals surface area contributed by atoms with Gasteiger partial charge in [0.1, 0.15) is 0 Å². The summed E-state index contributed by atoms with van der Waals surface area (Å²) in [6.07, 6.45) is 8.20. The molecule has 24 heavy (non-hydrogen) atoms. The lowest BCUT2D eigenvalue weighted by molar-refractivity contribution is -0.121. The number of carbonyl (C=O) groups is 2. The van der Waals surface area contributed by atoms with Crippen molar-refractivity contribution in [2.75, 3.05) is 12.3 Å². The maximum atomic E-state index is 12.1. The van der Waals surface area contributed by atoms with Crippen LogP contribution in [0.4, 0.5) is 0 Å². The van der Waals surface area contributed by atoms with Crippen molar-refractivity contribution >= 4 is 23.6 Å². The van der Waals surface area contributed by atoms with E-state index in [1.54, 1.807) is 0 Å². The molecule has 130 valence electrons. The number of amides is 2. The van der Waals surface area contributed by atoms with E-state index >= 15 is 0 Å². The van der Waals surface area contributed by atoms with Crippen LogP contribution < -0.4 is 10.6 Å². The summed E-state index contributed by atoms with van der Waals surface area (Å²) in [5.41, 5.74) is 1.63. The Morgan fingerprint density at radius 2 is 2.00 bits per heavy atom. The van der Waals surface area contributed by atoms with Gasteiger partial charge in [0.15, 0.2) is 0 Å². The molecule has 1 aromatic rings. The predicted octanol–water partition coefficient (Wildman–Crippen LogP) is 3.43. The summed E-state index contributed by atoms with van der Waals surface area (Å²) in [6, 6.07) is 7.30. The minimum Gasteiger partial charge on any atom is -0.356 e. The zero-order valence-corrected chi connectivity index (χ0v) is 14.9. The van der Waals surface area contributed by atoms with Crippen LogP contribution in [0.15, 0.2) is 24.3 Å². The average molecular weight is 346 g/mol. The number of fused-ring (bicyclic) bond motifs is 1. The van der Waals surface area contributed by atoms with Gasteiger partial charge in [-0.1, -0.05) is 37.5 Å². The highest BCUT2D eigenvalue weighted by Crippen LogP contribution is 2.29. The predicted molar refractivity (Wildman–Crippen MR) is 98.2 cm³/mol. The van der Waals surface area contributed by atoms with Crippen LogP contribution >= 0.6 is 11.8 Å². The van der Waals surface area contributed by atoms with Crippen molar-refractivity contribution in [1.29, 1.82) is 0 Å². The largest absolute Gasteiger partial charge is 0.356 e. The van der Waals surface area contributed by atoms with E-state index in [9.17, 15) is 9.59 Å². The van der Waals surface area contributed by atoms with Crippen molar-refractivity contribution in [3.05, 3.63) is 35.4 Å². The summed E-state index contributed by atoms with van der Waals surface area (Å²) < 4.78 is 0. The summed E-state index contributed by atoms with van der Waals surface area (Å²) in [7, 11) is 0. The van der Waals surface area contributed by atoms with Gasteiger partial charge in [-0.15, -0.1) is 0 Å². The molecule has 0 radical (unpaired) electrons. The molecule has 2 aliphatic rings. The molecule has 3 rings (SSSR count). The van der Waals surface area contributed by atoms with Gasteiger partial charge >= 0.3 is 0 Å². The van der Waals surface area contributed by atoms with E-state index < -0.39 is 0 Å². The second-order valence-electron chi connectivity index (χ2n) is 6.65. The Kier molecular flexibility index (Phi) is 6.18. The standard InChI is InChI=1S/C19H26N2O2S/c22-18(20-11-6-12-24-14-7-2-1-3-8-14)13-17-15-9-4-5-10-16(15)19(23)21-17/h4-5,9-10,14,17H,1-3,6-8,11-13H2,(H,20,22)(H,21,23)/t17-/m0/s1. The van der Waals surface area contributed by atoms with E-state index in [1.165, 1.54) is 32.1 Å². The lowest BCUT2D eigenvalue weighted by Crippen LogP contribution is -2.30. The Morgan fingerprint density at radius 3 is 2.83 bits per heavy atom. The smallest absolute Gasteiger partial charge is 0.252 e. The van der Waals surface area contributed by atoms with Gasteiger partial charge in [-0.25, -0.2) is 0 Å². The number of carbonyl (C=O) groups excluding carboxylic acids is 2. The molecule has 2 amide bonds. The lowest BCUT2D eigenvalue weighted by Gasteiger charge is -2.20. The molecule has 0 saturated heterocycles. The van der Waals surface area contributed by atoms with Crippen LogP contribution in [0.25, 0.3) is 0 Å². The SMILES string of the molecule is O=C(C[C@@H]1NC(=O)c2ccccc21)NCCCSC1CCCCC1. The molecular weight excluding hydrogens is 320 g/mol. The van der Waals surface area contributed by atoms with E-state index in [0.717, 1.165) is 29.5 Å². The number of nitrogens with one attached hydrogen (secondary N) is 2. The summed E-state index contributed by atoms with van der Waals surface area (Å²) in [5.74, 6) is 1.06. The maximum Gasteiger partial charge on any atom is 0.252 e. The molecule has 0 aromatic heterocycles. The normalized spacial score (nSPS) is 20.5. The van der Waals surface area contributed by atoms with Crippen LogP contribution in [0.2, 0.25) is 0 Å². The third-order valence-electron chi connectivity index (χ3n) is 4.82. The topological polar surface area (TPSA) is 58.2 Å². The van der Waals surface area contributed by atoms with E-state index in [2.05, 4.69) is 22.4 Å². The molecule has 0 spiro atoms. The van der Waals surface area contributed by atoms with E-state index in [1.807, 2.05) is 24.3 Å². The van der Waals surface area contributed by atoms with Crippen molar-refractivity contribution in [3.8, 4) is 0 Å². The van der Waals surface area contributed by atoms with Gasteiger partial charge in [-0.05, 0) is 36.6 Å². The monoisotopic (exact) mass is 346 g/mol. The quantitative estimate of drug-likeness (QED) is 0.744. The first-order chi connectivity index (χ1) is 11.7. The number of benzene rings is 1. The van der Waals surface area contributed by atoms with Crippen molar-refractivity contribution in [1.82, 2.24) is 10.6 Å². The lowest BCUT2D eigenvalue weighted by atomic mass is 10.0. The summed E-state index contributed by atoms with van der Waals surface area (Å²) in [4.78, 5) is 24.0. The van der Waals surface area contributed by atoms with Crippen LogP contribution in [0.5, 0.6) is 0 Å². The second kappa shape index (κ2) is 8.56. The summed E-state index contributed by atoms with van der Waals surface area (Å²) in [6.45, 7) is 0.723. The Bertz CT molecular complexity index is 584. The van der Waals surface area contributed by atoms with E-state index in [4.69, 9.17) is 0 Å². The Hall–Kier alpha value is -1.49. The Morgan fingerprint density at radius 1 is 1.21 bits per heavy atom. The van der Waals surface area contributed by atoms with Crippen molar-refractivity contribution < 1.29 is 9.59 Å². The third-order valence-corrected chi connectivity index (χ3v) is 6.29. The number of rotatable bonds is 7. The Balaban J connectivity index is 1.34. The van der Waals surface area contributed by atoms with Crippen LogP contribution in [0.3, 0.4) is 0 Å².